The fraction of sp³-hybridized carbons (Fsp3) is 1.00. The van der Waals surface area contributed by atoms with Crippen LogP contribution in [0.1, 0.15) is 71.1 Å². The van der Waals surface area contributed by atoms with E-state index in [1.54, 1.807) is 0 Å². The first-order valence-electron chi connectivity index (χ1n) is 8.87. The molecule has 4 unspecified atom stereocenters. The van der Waals surface area contributed by atoms with E-state index in [-0.39, 0.29) is 0 Å². The summed E-state index contributed by atoms with van der Waals surface area (Å²) in [6.45, 7) is 4.92. The van der Waals surface area contributed by atoms with Crippen LogP contribution in [-0.2, 0) is 0 Å². The first kappa shape index (κ1) is 13.9. The Bertz CT molecular complexity index is 276. The van der Waals surface area contributed by atoms with Gasteiger partial charge in [0.05, 0.1) is 0 Å². The summed E-state index contributed by atoms with van der Waals surface area (Å²) in [6.07, 6.45) is 14.5. The van der Waals surface area contributed by atoms with Gasteiger partial charge in [-0.25, -0.2) is 0 Å². The summed E-state index contributed by atoms with van der Waals surface area (Å²) in [5.41, 5.74) is 0. The molecular weight excluding hydrogens is 232 g/mol. The third kappa shape index (κ3) is 3.16. The second-order valence-corrected chi connectivity index (χ2v) is 7.15. The summed E-state index contributed by atoms with van der Waals surface area (Å²) in [5, 5.41) is 3.88. The van der Waals surface area contributed by atoms with E-state index in [0.717, 1.165) is 24.0 Å². The van der Waals surface area contributed by atoms with Gasteiger partial charge < -0.3 is 5.32 Å². The lowest BCUT2D eigenvalue weighted by molar-refractivity contribution is 0.0998. The number of nitrogens with one attached hydrogen (secondary N) is 1. The van der Waals surface area contributed by atoms with Crippen molar-refractivity contribution in [3.8, 4) is 0 Å². The topological polar surface area (TPSA) is 15.3 Å². The van der Waals surface area contributed by atoms with E-state index < -0.39 is 0 Å². The van der Waals surface area contributed by atoms with Crippen molar-refractivity contribution in [1.82, 2.24) is 10.2 Å². The molecule has 3 aliphatic rings. The number of rotatable bonds is 4. The van der Waals surface area contributed by atoms with Crippen molar-refractivity contribution >= 4 is 0 Å². The largest absolute Gasteiger partial charge is 0.312 e. The molecule has 2 bridgehead atoms. The molecule has 1 N–H and O–H groups in total. The lowest BCUT2D eigenvalue weighted by atomic mass is 9.90. The molecule has 4 atom stereocenters. The lowest BCUT2D eigenvalue weighted by Gasteiger charge is -2.41. The zero-order valence-electron chi connectivity index (χ0n) is 12.7. The van der Waals surface area contributed by atoms with Crippen LogP contribution in [0.25, 0.3) is 0 Å². The minimum atomic E-state index is 0.777. The normalized spacial score (nSPS) is 40.3. The molecule has 0 spiro atoms. The van der Waals surface area contributed by atoms with Gasteiger partial charge in [0, 0.05) is 24.7 Å². The predicted molar refractivity (Wildman–Crippen MR) is 81.4 cm³/mol. The maximum Gasteiger partial charge on any atom is 0.0252 e. The van der Waals surface area contributed by atoms with Crippen molar-refractivity contribution in [1.29, 1.82) is 0 Å². The van der Waals surface area contributed by atoms with E-state index in [2.05, 4.69) is 17.1 Å². The number of nitrogens with zero attached hydrogens (tertiary/aromatic N) is 1. The van der Waals surface area contributed by atoms with Crippen molar-refractivity contribution in [2.24, 2.45) is 5.92 Å². The van der Waals surface area contributed by atoms with Crippen molar-refractivity contribution in [2.45, 2.75) is 89.3 Å². The fourth-order valence-electron chi connectivity index (χ4n) is 4.80. The summed E-state index contributed by atoms with van der Waals surface area (Å²) in [6, 6.07) is 2.57. The molecule has 0 aromatic heterocycles. The van der Waals surface area contributed by atoms with E-state index in [9.17, 15) is 0 Å². The van der Waals surface area contributed by atoms with Gasteiger partial charge in [0.2, 0.25) is 0 Å². The summed E-state index contributed by atoms with van der Waals surface area (Å²) in [4.78, 5) is 2.92. The van der Waals surface area contributed by atoms with E-state index >= 15 is 0 Å². The number of hydrogen-bond acceptors (Lipinski definition) is 2. The zero-order valence-corrected chi connectivity index (χ0v) is 12.7. The third-order valence-electron chi connectivity index (χ3n) is 5.76. The monoisotopic (exact) mass is 264 g/mol. The smallest absolute Gasteiger partial charge is 0.0252 e. The average Bonchev–Trinajstić information content (AvgIpc) is 3.00. The van der Waals surface area contributed by atoms with Gasteiger partial charge in [0.1, 0.15) is 0 Å². The Morgan fingerprint density at radius 1 is 1.00 bits per heavy atom. The SMILES string of the molecule is CCCNC1CCCCCCC1N1CC2CCC1C2. The Morgan fingerprint density at radius 2 is 1.84 bits per heavy atom. The Kier molecular flexibility index (Phi) is 4.81. The van der Waals surface area contributed by atoms with Crippen LogP contribution < -0.4 is 5.32 Å². The zero-order chi connectivity index (χ0) is 13.1. The molecule has 3 rings (SSSR count). The first-order valence-corrected chi connectivity index (χ1v) is 8.87. The molecule has 2 aliphatic carbocycles. The molecule has 19 heavy (non-hydrogen) atoms. The third-order valence-corrected chi connectivity index (χ3v) is 5.76. The Balaban J connectivity index is 1.65. The lowest BCUT2D eigenvalue weighted by Crippen LogP contribution is -2.53. The molecular formula is C17H32N2. The van der Waals surface area contributed by atoms with Gasteiger partial charge >= 0.3 is 0 Å². The van der Waals surface area contributed by atoms with Crippen LogP contribution in [0.15, 0.2) is 0 Å². The second kappa shape index (κ2) is 6.58. The van der Waals surface area contributed by atoms with Crippen molar-refractivity contribution < 1.29 is 0 Å². The predicted octanol–water partition coefficient (Wildman–Crippen LogP) is 3.56. The minimum Gasteiger partial charge on any atom is -0.312 e. The van der Waals surface area contributed by atoms with Crippen LogP contribution in [0.3, 0.4) is 0 Å². The average molecular weight is 264 g/mol. The van der Waals surface area contributed by atoms with E-state index in [4.69, 9.17) is 0 Å². The summed E-state index contributed by atoms with van der Waals surface area (Å²) >= 11 is 0. The van der Waals surface area contributed by atoms with Crippen LogP contribution in [-0.4, -0.2) is 36.1 Å². The van der Waals surface area contributed by atoms with E-state index in [1.165, 1.54) is 77.3 Å². The van der Waals surface area contributed by atoms with Crippen molar-refractivity contribution in [3.05, 3.63) is 0 Å². The first-order chi connectivity index (χ1) is 9.38. The molecule has 0 amide bonds. The van der Waals surface area contributed by atoms with Crippen molar-refractivity contribution in [2.75, 3.05) is 13.1 Å². The maximum absolute atomic E-state index is 3.88. The van der Waals surface area contributed by atoms with Gasteiger partial charge in [-0.15, -0.1) is 0 Å². The Morgan fingerprint density at radius 3 is 2.53 bits per heavy atom. The molecule has 3 fully saturated rings. The Labute approximate surface area is 119 Å². The van der Waals surface area contributed by atoms with Crippen molar-refractivity contribution in [3.63, 3.8) is 0 Å². The standard InChI is InChI=1S/C17H32N2/c1-2-11-18-16-7-5-3-4-6-8-17(16)19-13-14-9-10-15(19)12-14/h14-18H,2-13H2,1H3. The number of likely N-dealkylation sites (tertiary alicyclic amines) is 1. The maximum atomic E-state index is 3.88. The second-order valence-electron chi connectivity index (χ2n) is 7.15. The molecule has 2 nitrogen and oxygen atoms in total. The molecule has 1 heterocycles. The highest BCUT2D eigenvalue weighted by atomic mass is 15.2. The minimum absolute atomic E-state index is 0.777. The summed E-state index contributed by atoms with van der Waals surface area (Å²) in [5.74, 6) is 1.04. The van der Waals surface area contributed by atoms with Crippen LogP contribution in [0, 0.1) is 5.92 Å². The van der Waals surface area contributed by atoms with Gasteiger partial charge in [-0.1, -0.05) is 32.6 Å². The van der Waals surface area contributed by atoms with Crippen LogP contribution in [0.2, 0.25) is 0 Å². The molecule has 2 heteroatoms. The van der Waals surface area contributed by atoms with Crippen LogP contribution >= 0.6 is 0 Å². The highest BCUT2D eigenvalue weighted by molar-refractivity contribution is 4.98. The van der Waals surface area contributed by atoms with E-state index in [1.807, 2.05) is 0 Å². The van der Waals surface area contributed by atoms with Gasteiger partial charge in [-0.3, -0.25) is 4.90 Å². The number of piperidine rings is 1. The summed E-state index contributed by atoms with van der Waals surface area (Å²) in [7, 11) is 0. The van der Waals surface area contributed by atoms with Crippen LogP contribution in [0.4, 0.5) is 0 Å². The molecule has 0 aromatic rings. The number of hydrogen-bond donors (Lipinski definition) is 1. The van der Waals surface area contributed by atoms with Crippen LogP contribution in [0.5, 0.6) is 0 Å². The molecule has 1 saturated heterocycles. The number of fused-ring (bicyclic) bond motifs is 2. The van der Waals surface area contributed by atoms with E-state index in [0.29, 0.717) is 0 Å². The fourth-order valence-corrected chi connectivity index (χ4v) is 4.80. The summed E-state index contributed by atoms with van der Waals surface area (Å²) < 4.78 is 0. The molecule has 2 saturated carbocycles. The molecule has 1 aliphatic heterocycles. The highest BCUT2D eigenvalue weighted by Crippen LogP contribution is 2.40. The molecule has 110 valence electrons. The van der Waals surface area contributed by atoms with Gasteiger partial charge in [-0.05, 0) is 51.0 Å². The van der Waals surface area contributed by atoms with Gasteiger partial charge in [0.25, 0.3) is 0 Å². The quantitative estimate of drug-likeness (QED) is 0.835. The van der Waals surface area contributed by atoms with Gasteiger partial charge in [0.15, 0.2) is 0 Å². The van der Waals surface area contributed by atoms with Gasteiger partial charge in [-0.2, -0.15) is 0 Å². The molecule has 0 aromatic carbocycles. The highest BCUT2D eigenvalue weighted by Gasteiger charge is 2.42. The molecule has 0 radical (unpaired) electrons. The Hall–Kier alpha value is -0.0800.